The van der Waals surface area contributed by atoms with Crippen molar-refractivity contribution in [1.82, 2.24) is 9.97 Å². The summed E-state index contributed by atoms with van der Waals surface area (Å²) in [5.41, 5.74) is 1.83. The van der Waals surface area contributed by atoms with Gasteiger partial charge in [0.1, 0.15) is 0 Å². The highest BCUT2D eigenvalue weighted by molar-refractivity contribution is 5.78. The van der Waals surface area contributed by atoms with Gasteiger partial charge in [0.05, 0.1) is 11.0 Å². The Bertz CT molecular complexity index is 577. The summed E-state index contributed by atoms with van der Waals surface area (Å²) in [6, 6.07) is 10.9. The number of fused-ring (bicyclic) bond motifs is 1. The highest BCUT2D eigenvalue weighted by Crippen LogP contribution is 2.24. The van der Waals surface area contributed by atoms with E-state index in [0.29, 0.717) is 11.6 Å². The fourth-order valence-electron chi connectivity index (χ4n) is 1.52. The van der Waals surface area contributed by atoms with Gasteiger partial charge in [-0.2, -0.15) is 0 Å². The average molecular weight is 200 g/mol. The Morgan fingerprint density at radius 3 is 2.73 bits per heavy atom. The first-order valence-corrected chi connectivity index (χ1v) is 4.57. The molecule has 0 saturated heterocycles. The molecule has 74 valence electrons. The van der Waals surface area contributed by atoms with Crippen LogP contribution in [0.5, 0.6) is 5.95 Å². The van der Waals surface area contributed by atoms with Crippen LogP contribution in [0.2, 0.25) is 0 Å². The van der Waals surface area contributed by atoms with E-state index in [1.165, 1.54) is 6.07 Å². The van der Waals surface area contributed by atoms with Crippen molar-refractivity contribution < 1.29 is 9.52 Å². The zero-order valence-corrected chi connectivity index (χ0v) is 7.77. The van der Waals surface area contributed by atoms with Crippen molar-refractivity contribution in [2.24, 2.45) is 0 Å². The van der Waals surface area contributed by atoms with Gasteiger partial charge in [-0.3, -0.25) is 0 Å². The molecule has 0 unspecified atom stereocenters. The Morgan fingerprint density at radius 1 is 1.13 bits per heavy atom. The van der Waals surface area contributed by atoms with Crippen LogP contribution < -0.4 is 0 Å². The van der Waals surface area contributed by atoms with Gasteiger partial charge in [-0.25, -0.2) is 4.98 Å². The van der Waals surface area contributed by atoms with E-state index in [4.69, 9.17) is 9.52 Å². The van der Waals surface area contributed by atoms with Crippen molar-refractivity contribution in [1.29, 1.82) is 0 Å². The minimum absolute atomic E-state index is 0.106. The standard InChI is InChI=1S/C11H8N2O2/c14-10-6-5-9(15-10)11-12-7-3-1-2-4-8(7)13-11/h1-6,14H,(H,12,13). The summed E-state index contributed by atoms with van der Waals surface area (Å²) in [5, 5.41) is 9.08. The lowest BCUT2D eigenvalue weighted by molar-refractivity contribution is 0.337. The molecule has 15 heavy (non-hydrogen) atoms. The molecule has 0 aliphatic rings. The van der Waals surface area contributed by atoms with Crippen molar-refractivity contribution in [2.45, 2.75) is 0 Å². The molecule has 4 heteroatoms. The van der Waals surface area contributed by atoms with E-state index >= 15 is 0 Å². The molecule has 2 N–H and O–H groups in total. The van der Waals surface area contributed by atoms with E-state index in [2.05, 4.69) is 9.97 Å². The molecule has 0 aliphatic heterocycles. The van der Waals surface area contributed by atoms with Crippen LogP contribution in [-0.2, 0) is 0 Å². The first-order chi connectivity index (χ1) is 7.33. The predicted molar refractivity (Wildman–Crippen MR) is 55.5 cm³/mol. The molecule has 2 heterocycles. The molecule has 0 fully saturated rings. The van der Waals surface area contributed by atoms with E-state index in [1.807, 2.05) is 24.3 Å². The number of imidazole rings is 1. The predicted octanol–water partition coefficient (Wildman–Crippen LogP) is 2.53. The van der Waals surface area contributed by atoms with E-state index in [9.17, 15) is 0 Å². The van der Waals surface area contributed by atoms with Gasteiger partial charge in [0.15, 0.2) is 11.6 Å². The normalized spacial score (nSPS) is 10.9. The van der Waals surface area contributed by atoms with Crippen molar-refractivity contribution in [3.63, 3.8) is 0 Å². The molecular formula is C11H8N2O2. The lowest BCUT2D eigenvalue weighted by Gasteiger charge is -1.86. The Labute approximate surface area is 85.2 Å². The van der Waals surface area contributed by atoms with Crippen LogP contribution in [0.3, 0.4) is 0 Å². The van der Waals surface area contributed by atoms with E-state index in [-0.39, 0.29) is 5.95 Å². The topological polar surface area (TPSA) is 62.1 Å². The fourth-order valence-corrected chi connectivity index (χ4v) is 1.52. The molecule has 3 aromatic rings. The number of nitrogens with one attached hydrogen (secondary N) is 1. The van der Waals surface area contributed by atoms with Gasteiger partial charge in [-0.05, 0) is 18.2 Å². The smallest absolute Gasteiger partial charge is 0.282 e. The van der Waals surface area contributed by atoms with E-state index in [1.54, 1.807) is 6.07 Å². The summed E-state index contributed by atoms with van der Waals surface area (Å²) in [6.07, 6.45) is 0. The molecule has 0 radical (unpaired) electrons. The fraction of sp³-hybridized carbons (Fsp3) is 0. The number of furan rings is 1. The highest BCUT2D eigenvalue weighted by atomic mass is 16.5. The van der Waals surface area contributed by atoms with Crippen molar-refractivity contribution in [3.8, 4) is 17.5 Å². The monoisotopic (exact) mass is 200 g/mol. The third kappa shape index (κ3) is 1.27. The molecular weight excluding hydrogens is 192 g/mol. The van der Waals surface area contributed by atoms with Gasteiger partial charge < -0.3 is 14.5 Å². The minimum Gasteiger partial charge on any atom is -0.481 e. The molecule has 0 aliphatic carbocycles. The number of benzene rings is 1. The van der Waals surface area contributed by atoms with Crippen molar-refractivity contribution in [3.05, 3.63) is 36.4 Å². The summed E-state index contributed by atoms with van der Waals surface area (Å²) < 4.78 is 5.06. The third-order valence-electron chi connectivity index (χ3n) is 2.21. The number of para-hydroxylation sites is 2. The lowest BCUT2D eigenvalue weighted by atomic mass is 10.3. The van der Waals surface area contributed by atoms with Gasteiger partial charge >= 0.3 is 0 Å². The number of aromatic nitrogens is 2. The number of rotatable bonds is 1. The second-order valence-electron chi connectivity index (χ2n) is 3.24. The number of aromatic amines is 1. The van der Waals surface area contributed by atoms with Crippen LogP contribution in [0.1, 0.15) is 0 Å². The maximum absolute atomic E-state index is 9.08. The molecule has 4 nitrogen and oxygen atoms in total. The summed E-state index contributed by atoms with van der Waals surface area (Å²) >= 11 is 0. The average Bonchev–Trinajstić information content (AvgIpc) is 2.82. The minimum atomic E-state index is -0.106. The van der Waals surface area contributed by atoms with Crippen LogP contribution in [0.15, 0.2) is 40.8 Å². The maximum Gasteiger partial charge on any atom is 0.282 e. The third-order valence-corrected chi connectivity index (χ3v) is 2.21. The van der Waals surface area contributed by atoms with Gasteiger partial charge in [0, 0.05) is 6.07 Å². The molecule has 0 spiro atoms. The second-order valence-corrected chi connectivity index (χ2v) is 3.24. The van der Waals surface area contributed by atoms with Gasteiger partial charge in [-0.1, -0.05) is 12.1 Å². The van der Waals surface area contributed by atoms with Crippen LogP contribution in [0, 0.1) is 0 Å². The summed E-state index contributed by atoms with van der Waals surface area (Å²) in [6.45, 7) is 0. The SMILES string of the molecule is Oc1ccc(-c2nc3ccccc3[nH]2)o1. The Kier molecular flexibility index (Phi) is 1.56. The quantitative estimate of drug-likeness (QED) is 0.634. The molecule has 2 aromatic heterocycles. The van der Waals surface area contributed by atoms with Crippen LogP contribution in [0.4, 0.5) is 0 Å². The molecule has 3 rings (SSSR count). The number of aromatic hydroxyl groups is 1. The summed E-state index contributed by atoms with van der Waals surface area (Å²) in [4.78, 5) is 7.45. The Balaban J connectivity index is 2.19. The van der Waals surface area contributed by atoms with E-state index in [0.717, 1.165) is 11.0 Å². The van der Waals surface area contributed by atoms with E-state index < -0.39 is 0 Å². The lowest BCUT2D eigenvalue weighted by Crippen LogP contribution is -1.74. The summed E-state index contributed by atoms with van der Waals surface area (Å²) in [5.74, 6) is 1.05. The molecule has 0 atom stereocenters. The molecule has 0 amide bonds. The van der Waals surface area contributed by atoms with Gasteiger partial charge in [0.2, 0.25) is 0 Å². The number of nitrogens with zero attached hydrogens (tertiary/aromatic N) is 1. The molecule has 0 saturated carbocycles. The Morgan fingerprint density at radius 2 is 2.00 bits per heavy atom. The van der Waals surface area contributed by atoms with Crippen molar-refractivity contribution >= 4 is 11.0 Å². The number of hydrogen-bond donors (Lipinski definition) is 2. The second kappa shape index (κ2) is 2.88. The van der Waals surface area contributed by atoms with Crippen molar-refractivity contribution in [2.75, 3.05) is 0 Å². The summed E-state index contributed by atoms with van der Waals surface area (Å²) in [7, 11) is 0. The zero-order chi connectivity index (χ0) is 10.3. The Hall–Kier alpha value is -2.23. The highest BCUT2D eigenvalue weighted by Gasteiger charge is 2.08. The maximum atomic E-state index is 9.08. The number of hydrogen-bond acceptors (Lipinski definition) is 3. The van der Waals surface area contributed by atoms with Gasteiger partial charge in [0.25, 0.3) is 5.95 Å². The van der Waals surface area contributed by atoms with Gasteiger partial charge in [-0.15, -0.1) is 0 Å². The first kappa shape index (κ1) is 8.11. The first-order valence-electron chi connectivity index (χ1n) is 4.57. The largest absolute Gasteiger partial charge is 0.481 e. The zero-order valence-electron chi connectivity index (χ0n) is 7.77. The van der Waals surface area contributed by atoms with Crippen LogP contribution in [0.25, 0.3) is 22.6 Å². The van der Waals surface area contributed by atoms with Crippen LogP contribution in [-0.4, -0.2) is 15.1 Å². The van der Waals surface area contributed by atoms with Crippen LogP contribution >= 0.6 is 0 Å². The molecule has 0 bridgehead atoms. The molecule has 1 aromatic carbocycles. The number of H-pyrrole nitrogens is 1.